The minimum absolute atomic E-state index is 0.131. The quantitative estimate of drug-likeness (QED) is 0.895. The average Bonchev–Trinajstić information content (AvgIpc) is 2.53. The molecule has 0 aromatic heterocycles. The van der Waals surface area contributed by atoms with Crippen LogP contribution >= 0.6 is 11.6 Å². The van der Waals surface area contributed by atoms with Crippen molar-refractivity contribution in [1.82, 2.24) is 4.72 Å². The van der Waals surface area contributed by atoms with Crippen molar-refractivity contribution in [3.63, 3.8) is 0 Å². The molecule has 0 fully saturated rings. The lowest BCUT2D eigenvalue weighted by Crippen LogP contribution is -2.27. The lowest BCUT2D eigenvalue weighted by molar-refractivity contribution is 0.171. The minimum Gasteiger partial charge on any atom is -0.486 e. The maximum atomic E-state index is 13.9. The second-order valence-corrected chi connectivity index (χ2v) is 7.44. The number of nitrogens with one attached hydrogen (secondary N) is 1. The molecule has 2 aromatic carbocycles. The van der Waals surface area contributed by atoms with Crippen LogP contribution in [0, 0.1) is 5.82 Å². The Kier molecular flexibility index (Phi) is 4.67. The Morgan fingerprint density at radius 2 is 1.83 bits per heavy atom. The molecule has 1 heterocycles. The topological polar surface area (TPSA) is 64.6 Å². The molecule has 0 aliphatic carbocycles. The molecule has 8 heteroatoms. The van der Waals surface area contributed by atoms with Crippen LogP contribution in [0.4, 0.5) is 4.39 Å². The predicted molar refractivity (Wildman–Crippen MR) is 87.6 cm³/mol. The highest BCUT2D eigenvalue weighted by Crippen LogP contribution is 2.33. The Balaban J connectivity index is 1.84. The summed E-state index contributed by atoms with van der Waals surface area (Å²) in [5, 5.41) is 0.131. The van der Waals surface area contributed by atoms with Gasteiger partial charge < -0.3 is 9.47 Å². The van der Waals surface area contributed by atoms with Crippen LogP contribution in [-0.2, 0) is 10.0 Å². The van der Waals surface area contributed by atoms with Crippen LogP contribution < -0.4 is 14.2 Å². The van der Waals surface area contributed by atoms with Gasteiger partial charge >= 0.3 is 0 Å². The van der Waals surface area contributed by atoms with E-state index in [9.17, 15) is 12.8 Å². The molecular weight excluding hydrogens is 357 g/mol. The van der Waals surface area contributed by atoms with Crippen LogP contribution in [0.25, 0.3) is 0 Å². The number of fused-ring (bicyclic) bond motifs is 1. The van der Waals surface area contributed by atoms with Gasteiger partial charge in [0.05, 0.1) is 0 Å². The summed E-state index contributed by atoms with van der Waals surface area (Å²) in [7, 11) is -4.03. The molecule has 1 aliphatic heterocycles. The first kappa shape index (κ1) is 17.0. The lowest BCUT2D eigenvalue weighted by atomic mass is 10.1. The average molecular weight is 372 g/mol. The van der Waals surface area contributed by atoms with Crippen molar-refractivity contribution in [3.05, 3.63) is 52.8 Å². The fourth-order valence-corrected chi connectivity index (χ4v) is 3.84. The Morgan fingerprint density at radius 3 is 2.54 bits per heavy atom. The summed E-state index contributed by atoms with van der Waals surface area (Å²) in [6, 6.07) is 8.01. The van der Waals surface area contributed by atoms with E-state index in [1.54, 1.807) is 25.1 Å². The fraction of sp³-hybridized carbons (Fsp3) is 0.250. The van der Waals surface area contributed by atoms with E-state index in [4.69, 9.17) is 21.1 Å². The molecule has 0 spiro atoms. The van der Waals surface area contributed by atoms with Crippen molar-refractivity contribution in [2.75, 3.05) is 13.2 Å². The molecule has 0 amide bonds. The van der Waals surface area contributed by atoms with Gasteiger partial charge in [0.25, 0.3) is 0 Å². The third kappa shape index (κ3) is 3.48. The molecule has 0 unspecified atom stereocenters. The van der Waals surface area contributed by atoms with E-state index in [2.05, 4.69) is 4.72 Å². The van der Waals surface area contributed by atoms with Gasteiger partial charge in [-0.25, -0.2) is 17.5 Å². The zero-order chi connectivity index (χ0) is 17.3. The Labute approximate surface area is 144 Å². The number of halogens is 2. The summed E-state index contributed by atoms with van der Waals surface area (Å²) in [5.74, 6) is 0.274. The molecule has 5 nitrogen and oxygen atoms in total. The Bertz CT molecular complexity index is 872. The first-order valence-corrected chi connectivity index (χ1v) is 9.10. The number of ether oxygens (including phenoxy) is 2. The van der Waals surface area contributed by atoms with Gasteiger partial charge in [0, 0.05) is 11.1 Å². The van der Waals surface area contributed by atoms with E-state index in [0.717, 1.165) is 12.1 Å². The SMILES string of the molecule is C[C@H](NS(=O)(=O)c1ccc(Cl)cc1F)c1ccc2c(c1)OCCO2. The van der Waals surface area contributed by atoms with Crippen molar-refractivity contribution < 1.29 is 22.3 Å². The van der Waals surface area contributed by atoms with Gasteiger partial charge in [0.2, 0.25) is 10.0 Å². The van der Waals surface area contributed by atoms with Crippen LogP contribution in [0.2, 0.25) is 5.02 Å². The first-order valence-electron chi connectivity index (χ1n) is 7.24. The van der Waals surface area contributed by atoms with E-state index < -0.39 is 26.8 Å². The molecule has 0 radical (unpaired) electrons. The van der Waals surface area contributed by atoms with Crippen molar-refractivity contribution in [2.24, 2.45) is 0 Å². The molecule has 0 saturated heterocycles. The lowest BCUT2D eigenvalue weighted by Gasteiger charge is -2.21. The normalized spacial score (nSPS) is 15.1. The highest BCUT2D eigenvalue weighted by molar-refractivity contribution is 7.89. The van der Waals surface area contributed by atoms with Gasteiger partial charge in [0.15, 0.2) is 11.5 Å². The van der Waals surface area contributed by atoms with Crippen molar-refractivity contribution in [1.29, 1.82) is 0 Å². The number of benzene rings is 2. The van der Waals surface area contributed by atoms with Crippen LogP contribution in [0.1, 0.15) is 18.5 Å². The largest absolute Gasteiger partial charge is 0.486 e. The monoisotopic (exact) mass is 371 g/mol. The summed E-state index contributed by atoms with van der Waals surface area (Å²) in [5.41, 5.74) is 0.678. The molecule has 3 rings (SSSR count). The first-order chi connectivity index (χ1) is 11.4. The van der Waals surface area contributed by atoms with E-state index >= 15 is 0 Å². The van der Waals surface area contributed by atoms with Crippen molar-refractivity contribution in [3.8, 4) is 11.5 Å². The van der Waals surface area contributed by atoms with Gasteiger partial charge in [-0.2, -0.15) is 0 Å². The molecule has 1 N–H and O–H groups in total. The molecule has 24 heavy (non-hydrogen) atoms. The summed E-state index contributed by atoms with van der Waals surface area (Å²) < 4.78 is 52.0. The van der Waals surface area contributed by atoms with Gasteiger partial charge in [-0.05, 0) is 42.8 Å². The molecular formula is C16H15ClFNO4S. The Hall–Kier alpha value is -1.83. The van der Waals surface area contributed by atoms with Crippen LogP contribution in [0.5, 0.6) is 11.5 Å². The van der Waals surface area contributed by atoms with Gasteiger partial charge in [0.1, 0.15) is 23.9 Å². The molecule has 2 aromatic rings. The van der Waals surface area contributed by atoms with Crippen molar-refractivity contribution >= 4 is 21.6 Å². The maximum Gasteiger partial charge on any atom is 0.244 e. The minimum atomic E-state index is -4.03. The number of hydrogen-bond acceptors (Lipinski definition) is 4. The second-order valence-electron chi connectivity index (χ2n) is 5.32. The predicted octanol–water partition coefficient (Wildman–Crippen LogP) is 3.29. The second kappa shape index (κ2) is 6.58. The van der Waals surface area contributed by atoms with Crippen LogP contribution in [0.15, 0.2) is 41.3 Å². The smallest absolute Gasteiger partial charge is 0.244 e. The number of rotatable bonds is 4. The number of sulfonamides is 1. The zero-order valence-electron chi connectivity index (χ0n) is 12.8. The molecule has 128 valence electrons. The van der Waals surface area contributed by atoms with E-state index in [1.807, 2.05) is 0 Å². The van der Waals surface area contributed by atoms with Crippen LogP contribution in [-0.4, -0.2) is 21.6 Å². The van der Waals surface area contributed by atoms with Crippen molar-refractivity contribution in [2.45, 2.75) is 17.9 Å². The van der Waals surface area contributed by atoms with Gasteiger partial charge in [-0.15, -0.1) is 0 Å². The highest BCUT2D eigenvalue weighted by Gasteiger charge is 2.23. The fourth-order valence-electron chi connectivity index (χ4n) is 2.39. The maximum absolute atomic E-state index is 13.9. The van der Waals surface area contributed by atoms with E-state index in [0.29, 0.717) is 30.3 Å². The summed E-state index contributed by atoms with van der Waals surface area (Å²) in [6.45, 7) is 2.58. The highest BCUT2D eigenvalue weighted by atomic mass is 35.5. The van der Waals surface area contributed by atoms with Crippen LogP contribution in [0.3, 0.4) is 0 Å². The van der Waals surface area contributed by atoms with E-state index in [-0.39, 0.29) is 5.02 Å². The Morgan fingerprint density at radius 1 is 1.12 bits per heavy atom. The summed E-state index contributed by atoms with van der Waals surface area (Å²) in [4.78, 5) is -0.448. The summed E-state index contributed by atoms with van der Waals surface area (Å²) >= 11 is 5.66. The molecule has 0 bridgehead atoms. The number of hydrogen-bond donors (Lipinski definition) is 1. The molecule has 1 aliphatic rings. The molecule has 1 atom stereocenters. The standard InChI is InChI=1S/C16H15ClFNO4S/c1-10(11-2-4-14-15(8-11)23-7-6-22-14)19-24(20,21)16-5-3-12(17)9-13(16)18/h2-5,8-10,19H,6-7H2,1H3/t10-/m0/s1. The van der Waals surface area contributed by atoms with Gasteiger partial charge in [-0.3, -0.25) is 0 Å². The van der Waals surface area contributed by atoms with E-state index in [1.165, 1.54) is 6.07 Å². The third-order valence-corrected chi connectivity index (χ3v) is 5.39. The zero-order valence-corrected chi connectivity index (χ0v) is 14.3. The summed E-state index contributed by atoms with van der Waals surface area (Å²) in [6.07, 6.45) is 0. The molecule has 0 saturated carbocycles. The van der Waals surface area contributed by atoms with Gasteiger partial charge in [-0.1, -0.05) is 17.7 Å². The third-order valence-electron chi connectivity index (χ3n) is 3.58.